The first-order valence-corrected chi connectivity index (χ1v) is 7.26. The Hall–Kier alpha value is -1.88. The number of benzene rings is 1. The summed E-state index contributed by atoms with van der Waals surface area (Å²) < 4.78 is 0. The Kier molecular flexibility index (Phi) is 6.37. The predicted molar refractivity (Wildman–Crippen MR) is 86.0 cm³/mol. The fourth-order valence-electron chi connectivity index (χ4n) is 1.71. The highest BCUT2D eigenvalue weighted by molar-refractivity contribution is 5.94. The van der Waals surface area contributed by atoms with E-state index < -0.39 is 0 Å². The molecule has 4 N–H and O–H groups in total. The molecule has 1 rings (SSSR count). The van der Waals surface area contributed by atoms with Crippen molar-refractivity contribution in [1.82, 2.24) is 0 Å². The van der Waals surface area contributed by atoms with Gasteiger partial charge in [-0.25, -0.2) is 0 Å². The molecule has 2 amide bonds. The molecule has 0 bridgehead atoms. The van der Waals surface area contributed by atoms with E-state index in [1.807, 2.05) is 13.8 Å². The molecule has 0 aromatic heterocycles. The van der Waals surface area contributed by atoms with Gasteiger partial charge in [-0.05, 0) is 37.1 Å². The van der Waals surface area contributed by atoms with Crippen LogP contribution >= 0.6 is 0 Å². The minimum Gasteiger partial charge on any atom is -0.327 e. The first kappa shape index (κ1) is 17.2. The van der Waals surface area contributed by atoms with Crippen LogP contribution in [0.15, 0.2) is 24.3 Å². The monoisotopic (exact) mass is 291 g/mol. The van der Waals surface area contributed by atoms with E-state index in [-0.39, 0.29) is 23.8 Å². The second-order valence-electron chi connectivity index (χ2n) is 5.86. The molecule has 0 heterocycles. The highest BCUT2D eigenvalue weighted by Crippen LogP contribution is 2.15. The van der Waals surface area contributed by atoms with Crippen molar-refractivity contribution >= 4 is 23.2 Å². The summed E-state index contributed by atoms with van der Waals surface area (Å²) in [4.78, 5) is 23.5. The second-order valence-corrected chi connectivity index (χ2v) is 5.86. The summed E-state index contributed by atoms with van der Waals surface area (Å²) >= 11 is 0. The molecule has 1 aromatic rings. The number of carbonyl (C=O) groups excluding carboxylic acids is 2. The molecule has 0 saturated heterocycles. The lowest BCUT2D eigenvalue weighted by Gasteiger charge is -2.15. The quantitative estimate of drug-likeness (QED) is 0.753. The third kappa shape index (κ3) is 5.95. The molecule has 0 aliphatic rings. The Bertz CT molecular complexity index is 481. The molecule has 21 heavy (non-hydrogen) atoms. The Morgan fingerprint density at radius 3 is 1.90 bits per heavy atom. The summed E-state index contributed by atoms with van der Waals surface area (Å²) in [6, 6.07) is 6.86. The standard InChI is InChI=1S/C16H25N3O2/c1-10(2)9-15(20)18-13-5-7-14(8-6-13)19-16(21)11(3)12(4)17/h5-8,10-12H,9,17H2,1-4H3,(H,18,20)(H,19,21). The van der Waals surface area contributed by atoms with E-state index in [2.05, 4.69) is 10.6 Å². The lowest BCUT2D eigenvalue weighted by atomic mass is 10.0. The molecule has 0 radical (unpaired) electrons. The first-order chi connectivity index (χ1) is 9.79. The number of amides is 2. The van der Waals surface area contributed by atoms with Gasteiger partial charge in [0.15, 0.2) is 0 Å². The van der Waals surface area contributed by atoms with E-state index in [4.69, 9.17) is 5.73 Å². The lowest BCUT2D eigenvalue weighted by molar-refractivity contribution is -0.120. The Labute approximate surface area is 126 Å². The molecular weight excluding hydrogens is 266 g/mol. The van der Waals surface area contributed by atoms with Gasteiger partial charge in [0.05, 0.1) is 5.92 Å². The number of hydrogen-bond acceptors (Lipinski definition) is 3. The zero-order valence-corrected chi connectivity index (χ0v) is 13.1. The summed E-state index contributed by atoms with van der Waals surface area (Å²) in [5.41, 5.74) is 7.11. The third-order valence-electron chi connectivity index (χ3n) is 3.23. The first-order valence-electron chi connectivity index (χ1n) is 7.26. The maximum atomic E-state index is 11.9. The van der Waals surface area contributed by atoms with E-state index >= 15 is 0 Å². The van der Waals surface area contributed by atoms with Crippen LogP contribution in [0.2, 0.25) is 0 Å². The number of nitrogens with one attached hydrogen (secondary N) is 2. The highest BCUT2D eigenvalue weighted by Gasteiger charge is 2.16. The van der Waals surface area contributed by atoms with Crippen molar-refractivity contribution in [2.75, 3.05) is 10.6 Å². The lowest BCUT2D eigenvalue weighted by Crippen LogP contribution is -2.34. The number of carbonyl (C=O) groups is 2. The zero-order valence-electron chi connectivity index (χ0n) is 13.1. The average Bonchev–Trinajstić information content (AvgIpc) is 2.38. The molecule has 0 spiro atoms. The van der Waals surface area contributed by atoms with Crippen molar-refractivity contribution in [3.8, 4) is 0 Å². The summed E-state index contributed by atoms with van der Waals surface area (Å²) in [6.45, 7) is 7.59. The van der Waals surface area contributed by atoms with Crippen LogP contribution in [-0.2, 0) is 9.59 Å². The van der Waals surface area contributed by atoms with Crippen molar-refractivity contribution in [3.63, 3.8) is 0 Å². The van der Waals surface area contributed by atoms with E-state index in [9.17, 15) is 9.59 Å². The predicted octanol–water partition coefficient (Wildman–Crippen LogP) is 2.59. The minimum atomic E-state index is -0.254. The Balaban J connectivity index is 2.58. The van der Waals surface area contributed by atoms with Crippen molar-refractivity contribution in [2.24, 2.45) is 17.6 Å². The average molecular weight is 291 g/mol. The number of rotatable bonds is 6. The molecule has 5 nitrogen and oxygen atoms in total. The van der Waals surface area contributed by atoms with Gasteiger partial charge in [0.1, 0.15) is 0 Å². The molecule has 2 atom stereocenters. The Morgan fingerprint density at radius 2 is 1.48 bits per heavy atom. The van der Waals surface area contributed by atoms with Gasteiger partial charge in [-0.2, -0.15) is 0 Å². The van der Waals surface area contributed by atoms with Crippen LogP contribution in [0.5, 0.6) is 0 Å². The maximum absolute atomic E-state index is 11.9. The van der Waals surface area contributed by atoms with Crippen LogP contribution in [0.1, 0.15) is 34.1 Å². The van der Waals surface area contributed by atoms with Crippen molar-refractivity contribution < 1.29 is 9.59 Å². The molecule has 1 aromatic carbocycles. The van der Waals surface area contributed by atoms with Crippen LogP contribution in [0.3, 0.4) is 0 Å². The topological polar surface area (TPSA) is 84.2 Å². The van der Waals surface area contributed by atoms with Gasteiger partial charge in [0.25, 0.3) is 0 Å². The highest BCUT2D eigenvalue weighted by atomic mass is 16.2. The molecule has 0 saturated carbocycles. The van der Waals surface area contributed by atoms with Crippen molar-refractivity contribution in [1.29, 1.82) is 0 Å². The van der Waals surface area contributed by atoms with Crippen molar-refractivity contribution in [3.05, 3.63) is 24.3 Å². The van der Waals surface area contributed by atoms with E-state index in [0.717, 1.165) is 5.69 Å². The largest absolute Gasteiger partial charge is 0.327 e. The molecular formula is C16H25N3O2. The van der Waals surface area contributed by atoms with Crippen LogP contribution in [0, 0.1) is 11.8 Å². The molecule has 0 aliphatic heterocycles. The van der Waals surface area contributed by atoms with Crippen LogP contribution in [0.4, 0.5) is 11.4 Å². The van der Waals surface area contributed by atoms with Crippen molar-refractivity contribution in [2.45, 2.75) is 40.2 Å². The molecule has 2 unspecified atom stereocenters. The zero-order chi connectivity index (χ0) is 16.0. The summed E-state index contributed by atoms with van der Waals surface area (Å²) in [5.74, 6) is -0.0484. The summed E-state index contributed by atoms with van der Waals surface area (Å²) in [7, 11) is 0. The minimum absolute atomic E-state index is 0.00707. The maximum Gasteiger partial charge on any atom is 0.228 e. The molecule has 5 heteroatoms. The molecule has 0 aliphatic carbocycles. The van der Waals surface area contributed by atoms with Gasteiger partial charge < -0.3 is 16.4 Å². The van der Waals surface area contributed by atoms with Crippen LogP contribution < -0.4 is 16.4 Å². The third-order valence-corrected chi connectivity index (χ3v) is 3.23. The van der Waals surface area contributed by atoms with E-state index in [0.29, 0.717) is 18.0 Å². The number of hydrogen-bond donors (Lipinski definition) is 3. The smallest absolute Gasteiger partial charge is 0.228 e. The SMILES string of the molecule is CC(C)CC(=O)Nc1ccc(NC(=O)C(C)C(C)N)cc1. The van der Waals surface area contributed by atoms with E-state index in [1.165, 1.54) is 0 Å². The van der Waals surface area contributed by atoms with Crippen LogP contribution in [0.25, 0.3) is 0 Å². The summed E-state index contributed by atoms with van der Waals surface area (Å²) in [6.07, 6.45) is 0.490. The number of nitrogens with two attached hydrogens (primary N) is 1. The molecule has 116 valence electrons. The normalized spacial score (nSPS) is 13.6. The van der Waals surface area contributed by atoms with Gasteiger partial charge in [-0.3, -0.25) is 9.59 Å². The van der Waals surface area contributed by atoms with Gasteiger partial charge in [0.2, 0.25) is 11.8 Å². The van der Waals surface area contributed by atoms with Gasteiger partial charge >= 0.3 is 0 Å². The molecule has 0 fully saturated rings. The summed E-state index contributed by atoms with van der Waals surface area (Å²) in [5, 5.41) is 5.63. The van der Waals surface area contributed by atoms with Gasteiger partial charge in [-0.1, -0.05) is 20.8 Å². The Morgan fingerprint density at radius 1 is 1.00 bits per heavy atom. The fraction of sp³-hybridized carbons (Fsp3) is 0.500. The fourth-order valence-corrected chi connectivity index (χ4v) is 1.71. The van der Waals surface area contributed by atoms with E-state index in [1.54, 1.807) is 38.1 Å². The number of anilines is 2. The second kappa shape index (κ2) is 7.78. The van der Waals surface area contributed by atoms with Gasteiger partial charge in [0, 0.05) is 23.8 Å². The van der Waals surface area contributed by atoms with Gasteiger partial charge in [-0.15, -0.1) is 0 Å². The van der Waals surface area contributed by atoms with Crippen LogP contribution in [-0.4, -0.2) is 17.9 Å².